The number of phenols is 1. The van der Waals surface area contributed by atoms with Crippen molar-refractivity contribution in [2.75, 3.05) is 13.7 Å². The van der Waals surface area contributed by atoms with Crippen LogP contribution < -0.4 is 10.1 Å². The minimum Gasteiger partial charge on any atom is -0.504 e. The average Bonchev–Trinajstić information content (AvgIpc) is 2.31. The van der Waals surface area contributed by atoms with E-state index in [-0.39, 0.29) is 28.6 Å². The zero-order chi connectivity index (χ0) is 14.6. The molecule has 0 spiro atoms. The summed E-state index contributed by atoms with van der Waals surface area (Å²) in [6.45, 7) is -0.770. The van der Waals surface area contributed by atoms with Gasteiger partial charge in [-0.05, 0) is 6.07 Å². The minimum absolute atomic E-state index is 0.0874. The van der Waals surface area contributed by atoms with Gasteiger partial charge in [-0.3, -0.25) is 0 Å². The van der Waals surface area contributed by atoms with Crippen LogP contribution in [0.5, 0.6) is 11.5 Å². The van der Waals surface area contributed by atoms with E-state index in [2.05, 4.69) is 5.32 Å². The molecule has 4 nitrogen and oxygen atoms in total. The Kier molecular flexibility index (Phi) is 5.28. The van der Waals surface area contributed by atoms with Gasteiger partial charge in [0.1, 0.15) is 0 Å². The third kappa shape index (κ3) is 4.45. The Morgan fingerprint density at radius 1 is 1.42 bits per heavy atom. The van der Waals surface area contributed by atoms with Gasteiger partial charge in [0.2, 0.25) is 0 Å². The normalized spacial score (nSPS) is 13.4. The number of aliphatic hydroxyl groups is 1. The molecule has 0 aliphatic carbocycles. The summed E-state index contributed by atoms with van der Waals surface area (Å²) >= 11 is 5.77. The van der Waals surface area contributed by atoms with E-state index in [9.17, 15) is 18.3 Å². The number of nitrogens with one attached hydrogen (secondary N) is 1. The molecule has 108 valence electrons. The minimum atomic E-state index is -4.68. The summed E-state index contributed by atoms with van der Waals surface area (Å²) < 4.78 is 41.0. The standard InChI is InChI=1S/C11H13ClF3NO3/c1-19-8-3-7(12)2-6(10(8)18)4-16-5-9(17)11(13,14)15/h2-3,9,16-18H,4-5H2,1H3. The van der Waals surface area contributed by atoms with Crippen LogP contribution in [-0.4, -0.2) is 36.1 Å². The Bertz CT molecular complexity index is 440. The van der Waals surface area contributed by atoms with Crippen LogP contribution in [0.4, 0.5) is 13.2 Å². The molecule has 0 aliphatic heterocycles. The molecular weight excluding hydrogens is 287 g/mol. The van der Waals surface area contributed by atoms with Crippen LogP contribution in [0.15, 0.2) is 12.1 Å². The van der Waals surface area contributed by atoms with E-state index in [4.69, 9.17) is 21.4 Å². The van der Waals surface area contributed by atoms with E-state index < -0.39 is 18.8 Å². The van der Waals surface area contributed by atoms with Crippen LogP contribution in [0.25, 0.3) is 0 Å². The molecule has 1 rings (SSSR count). The first kappa shape index (κ1) is 15.9. The maximum atomic E-state index is 12.1. The van der Waals surface area contributed by atoms with E-state index in [1.807, 2.05) is 0 Å². The van der Waals surface area contributed by atoms with E-state index >= 15 is 0 Å². The van der Waals surface area contributed by atoms with Gasteiger partial charge in [-0.15, -0.1) is 0 Å². The van der Waals surface area contributed by atoms with Crippen molar-refractivity contribution in [2.24, 2.45) is 0 Å². The SMILES string of the molecule is COc1cc(Cl)cc(CNCC(O)C(F)(F)F)c1O. The fraction of sp³-hybridized carbons (Fsp3) is 0.455. The first-order valence-electron chi connectivity index (χ1n) is 5.26. The van der Waals surface area contributed by atoms with Crippen LogP contribution in [0.2, 0.25) is 5.02 Å². The highest BCUT2D eigenvalue weighted by atomic mass is 35.5. The van der Waals surface area contributed by atoms with Gasteiger partial charge < -0.3 is 20.3 Å². The number of hydrogen-bond donors (Lipinski definition) is 3. The fourth-order valence-corrected chi connectivity index (χ4v) is 1.61. The predicted molar refractivity (Wildman–Crippen MR) is 63.4 cm³/mol. The molecule has 0 amide bonds. The van der Waals surface area contributed by atoms with Gasteiger partial charge in [0.15, 0.2) is 17.6 Å². The Morgan fingerprint density at radius 3 is 2.58 bits per heavy atom. The molecule has 1 unspecified atom stereocenters. The molecule has 0 aromatic heterocycles. The van der Waals surface area contributed by atoms with E-state index in [1.54, 1.807) is 0 Å². The molecule has 0 saturated heterocycles. The Balaban J connectivity index is 2.66. The van der Waals surface area contributed by atoms with E-state index in [1.165, 1.54) is 19.2 Å². The van der Waals surface area contributed by atoms with Gasteiger partial charge in [0.25, 0.3) is 0 Å². The summed E-state index contributed by atoms with van der Waals surface area (Å²) in [5.41, 5.74) is 0.277. The molecule has 1 aromatic rings. The fourth-order valence-electron chi connectivity index (χ4n) is 1.38. The maximum absolute atomic E-state index is 12.1. The number of benzene rings is 1. The molecule has 0 bridgehead atoms. The van der Waals surface area contributed by atoms with Crippen LogP contribution in [0.3, 0.4) is 0 Å². The second-order valence-corrected chi connectivity index (χ2v) is 4.24. The zero-order valence-corrected chi connectivity index (χ0v) is 10.7. The largest absolute Gasteiger partial charge is 0.504 e. The summed E-state index contributed by atoms with van der Waals surface area (Å²) in [5.74, 6) is -0.0819. The van der Waals surface area contributed by atoms with Gasteiger partial charge in [0.05, 0.1) is 7.11 Å². The van der Waals surface area contributed by atoms with Crippen LogP contribution >= 0.6 is 11.6 Å². The summed E-state index contributed by atoms with van der Waals surface area (Å²) in [4.78, 5) is 0. The van der Waals surface area contributed by atoms with Crippen molar-refractivity contribution in [3.8, 4) is 11.5 Å². The lowest BCUT2D eigenvalue weighted by atomic mass is 10.2. The first-order valence-corrected chi connectivity index (χ1v) is 5.64. The number of ether oxygens (including phenoxy) is 1. The predicted octanol–water partition coefficient (Wildman–Crippen LogP) is 2.07. The van der Waals surface area contributed by atoms with Crippen molar-refractivity contribution in [1.82, 2.24) is 5.32 Å². The summed E-state index contributed by atoms with van der Waals surface area (Å²) in [7, 11) is 1.33. The van der Waals surface area contributed by atoms with E-state index in [0.29, 0.717) is 0 Å². The second-order valence-electron chi connectivity index (χ2n) is 3.80. The molecular formula is C11H13ClF3NO3. The Hall–Kier alpha value is -1.18. The number of phenolic OH excluding ortho intramolecular Hbond substituents is 1. The molecule has 0 fully saturated rings. The zero-order valence-electron chi connectivity index (χ0n) is 9.96. The molecule has 0 saturated carbocycles. The molecule has 0 radical (unpaired) electrons. The quantitative estimate of drug-likeness (QED) is 0.779. The van der Waals surface area contributed by atoms with Crippen LogP contribution in [-0.2, 0) is 6.54 Å². The third-order valence-corrected chi connectivity index (χ3v) is 2.59. The molecule has 0 aliphatic rings. The molecule has 0 heterocycles. The number of hydrogen-bond acceptors (Lipinski definition) is 4. The highest BCUT2D eigenvalue weighted by Crippen LogP contribution is 2.33. The van der Waals surface area contributed by atoms with Gasteiger partial charge >= 0.3 is 6.18 Å². The molecule has 8 heteroatoms. The number of aromatic hydroxyl groups is 1. The van der Waals surface area contributed by atoms with Crippen molar-refractivity contribution in [3.63, 3.8) is 0 Å². The molecule has 1 atom stereocenters. The molecule has 1 aromatic carbocycles. The highest BCUT2D eigenvalue weighted by molar-refractivity contribution is 6.30. The van der Waals surface area contributed by atoms with Crippen molar-refractivity contribution in [2.45, 2.75) is 18.8 Å². The van der Waals surface area contributed by atoms with Crippen molar-refractivity contribution in [3.05, 3.63) is 22.7 Å². The topological polar surface area (TPSA) is 61.7 Å². The third-order valence-electron chi connectivity index (χ3n) is 2.37. The monoisotopic (exact) mass is 299 g/mol. The summed E-state index contributed by atoms with van der Waals surface area (Å²) in [6.07, 6.45) is -7.14. The number of methoxy groups -OCH3 is 1. The second kappa shape index (κ2) is 6.31. The molecule has 19 heavy (non-hydrogen) atoms. The van der Waals surface area contributed by atoms with Crippen LogP contribution in [0.1, 0.15) is 5.56 Å². The maximum Gasteiger partial charge on any atom is 0.415 e. The van der Waals surface area contributed by atoms with Gasteiger partial charge in [-0.2, -0.15) is 13.2 Å². The van der Waals surface area contributed by atoms with Crippen LogP contribution in [0, 0.1) is 0 Å². The lowest BCUT2D eigenvalue weighted by molar-refractivity contribution is -0.201. The first-order chi connectivity index (χ1) is 8.75. The number of aliphatic hydroxyl groups excluding tert-OH is 1. The van der Waals surface area contributed by atoms with Crippen molar-refractivity contribution >= 4 is 11.6 Å². The number of alkyl halides is 3. The highest BCUT2D eigenvalue weighted by Gasteiger charge is 2.37. The van der Waals surface area contributed by atoms with Crippen molar-refractivity contribution < 1.29 is 28.1 Å². The smallest absolute Gasteiger partial charge is 0.415 e. The Morgan fingerprint density at radius 2 is 2.05 bits per heavy atom. The molecule has 3 N–H and O–H groups in total. The van der Waals surface area contributed by atoms with Gasteiger partial charge in [0, 0.05) is 29.7 Å². The number of halogens is 4. The van der Waals surface area contributed by atoms with Gasteiger partial charge in [-0.25, -0.2) is 0 Å². The Labute approximate surface area is 112 Å². The van der Waals surface area contributed by atoms with Crippen molar-refractivity contribution in [1.29, 1.82) is 0 Å². The summed E-state index contributed by atoms with van der Waals surface area (Å²) in [6, 6.07) is 2.78. The number of rotatable bonds is 5. The lowest BCUT2D eigenvalue weighted by Gasteiger charge is -2.16. The summed E-state index contributed by atoms with van der Waals surface area (Å²) in [5, 5.41) is 21.2. The average molecular weight is 300 g/mol. The van der Waals surface area contributed by atoms with E-state index in [0.717, 1.165) is 0 Å². The van der Waals surface area contributed by atoms with Gasteiger partial charge in [-0.1, -0.05) is 11.6 Å². The lowest BCUT2D eigenvalue weighted by Crippen LogP contribution is -2.38.